The number of benzene rings is 3. The van der Waals surface area contributed by atoms with Crippen molar-refractivity contribution in [1.29, 1.82) is 0 Å². The number of phenolic OH excluding ortho intramolecular Hbond substituents is 2. The van der Waals surface area contributed by atoms with Crippen molar-refractivity contribution in [2.24, 2.45) is 9.98 Å². The molecule has 0 radical (unpaired) electrons. The topological polar surface area (TPSA) is 65.2 Å². The molecule has 0 aliphatic heterocycles. The minimum atomic E-state index is 0.0744. The zero-order valence-electron chi connectivity index (χ0n) is 16.6. The van der Waals surface area contributed by atoms with E-state index in [1.165, 1.54) is 0 Å². The number of aromatic hydroxyl groups is 2. The monoisotopic (exact) mass is 386 g/mol. The predicted molar refractivity (Wildman–Crippen MR) is 120 cm³/mol. The average molecular weight is 386 g/mol. The first-order valence-electron chi connectivity index (χ1n) is 10.2. The first kappa shape index (κ1) is 19.2. The van der Waals surface area contributed by atoms with E-state index in [2.05, 4.69) is 0 Å². The Morgan fingerprint density at radius 2 is 1.52 bits per heavy atom. The molecule has 4 nitrogen and oxygen atoms in total. The molecule has 0 bridgehead atoms. The van der Waals surface area contributed by atoms with E-state index in [0.717, 1.165) is 53.1 Å². The molecule has 0 unspecified atom stereocenters. The van der Waals surface area contributed by atoms with E-state index in [1.54, 1.807) is 24.6 Å². The van der Waals surface area contributed by atoms with Crippen LogP contribution in [0.3, 0.4) is 0 Å². The van der Waals surface area contributed by atoms with Crippen molar-refractivity contribution in [3.8, 4) is 11.5 Å². The average Bonchev–Trinajstić information content (AvgIpc) is 2.74. The van der Waals surface area contributed by atoms with E-state index in [9.17, 15) is 10.2 Å². The zero-order valence-corrected chi connectivity index (χ0v) is 16.6. The molecule has 29 heavy (non-hydrogen) atoms. The Morgan fingerprint density at radius 3 is 2.31 bits per heavy atom. The molecule has 0 heterocycles. The molecule has 148 valence electrons. The third-order valence-corrected chi connectivity index (χ3v) is 5.62. The summed E-state index contributed by atoms with van der Waals surface area (Å²) in [7, 11) is 0. The van der Waals surface area contributed by atoms with Crippen molar-refractivity contribution in [3.05, 3.63) is 71.3 Å². The van der Waals surface area contributed by atoms with E-state index >= 15 is 0 Å². The molecule has 0 saturated heterocycles. The molecule has 2 N–H and O–H groups in total. The molecule has 1 aliphatic carbocycles. The molecule has 0 amide bonds. The third-order valence-electron chi connectivity index (χ3n) is 5.62. The number of fused-ring (bicyclic) bond motifs is 1. The van der Waals surface area contributed by atoms with Crippen LogP contribution in [0.5, 0.6) is 11.5 Å². The van der Waals surface area contributed by atoms with Gasteiger partial charge in [-0.3, -0.25) is 9.98 Å². The van der Waals surface area contributed by atoms with Crippen LogP contribution < -0.4 is 0 Å². The van der Waals surface area contributed by atoms with Crippen LogP contribution in [0.4, 0.5) is 0 Å². The highest BCUT2D eigenvalue weighted by Gasteiger charge is 2.23. The van der Waals surface area contributed by atoms with Gasteiger partial charge in [-0.05, 0) is 48.7 Å². The molecular formula is C25H26N2O2. The SMILES string of the molecule is Cc1ccc(O)c(C=N[C@@H]2CCCC[C@H]2N=Cc2c(O)ccc3ccccc23)c1. The van der Waals surface area contributed by atoms with E-state index in [4.69, 9.17) is 9.98 Å². The fraction of sp³-hybridized carbons (Fsp3) is 0.280. The number of rotatable bonds is 4. The highest BCUT2D eigenvalue weighted by molar-refractivity contribution is 6.02. The van der Waals surface area contributed by atoms with Gasteiger partial charge in [-0.15, -0.1) is 0 Å². The van der Waals surface area contributed by atoms with Gasteiger partial charge in [-0.25, -0.2) is 0 Å². The Bertz CT molecular complexity index is 1070. The maximum Gasteiger partial charge on any atom is 0.124 e. The molecule has 1 aliphatic rings. The van der Waals surface area contributed by atoms with Crippen molar-refractivity contribution in [2.75, 3.05) is 0 Å². The minimum Gasteiger partial charge on any atom is -0.507 e. The summed E-state index contributed by atoms with van der Waals surface area (Å²) in [6.07, 6.45) is 7.80. The summed E-state index contributed by atoms with van der Waals surface area (Å²) in [5.74, 6) is 0.490. The summed E-state index contributed by atoms with van der Waals surface area (Å²) < 4.78 is 0. The van der Waals surface area contributed by atoms with Crippen molar-refractivity contribution in [1.82, 2.24) is 0 Å². The number of aliphatic imine (C=N–C) groups is 2. The molecule has 0 aromatic heterocycles. The molecule has 4 heteroatoms. The quantitative estimate of drug-likeness (QED) is 0.589. The van der Waals surface area contributed by atoms with Crippen LogP contribution in [0.15, 0.2) is 64.6 Å². The number of aryl methyl sites for hydroxylation is 1. The van der Waals surface area contributed by atoms with Gasteiger partial charge in [0.1, 0.15) is 11.5 Å². The Labute approximate surface area is 171 Å². The summed E-state index contributed by atoms with van der Waals surface area (Å²) in [5.41, 5.74) is 2.59. The fourth-order valence-electron chi connectivity index (χ4n) is 3.98. The van der Waals surface area contributed by atoms with Crippen LogP contribution >= 0.6 is 0 Å². The lowest BCUT2D eigenvalue weighted by molar-refractivity contribution is 0.390. The number of phenols is 2. The maximum atomic E-state index is 10.4. The smallest absolute Gasteiger partial charge is 0.124 e. The summed E-state index contributed by atoms with van der Waals surface area (Å²) in [4.78, 5) is 9.61. The highest BCUT2D eigenvalue weighted by atomic mass is 16.3. The van der Waals surface area contributed by atoms with Crippen LogP contribution in [-0.2, 0) is 0 Å². The second-order valence-corrected chi connectivity index (χ2v) is 7.76. The molecule has 3 aromatic carbocycles. The van der Waals surface area contributed by atoms with Gasteiger partial charge in [0, 0.05) is 23.6 Å². The van der Waals surface area contributed by atoms with E-state index in [0.29, 0.717) is 0 Å². The Kier molecular flexibility index (Phi) is 5.61. The summed E-state index contributed by atoms with van der Waals surface area (Å²) in [5, 5.41) is 22.5. The summed E-state index contributed by atoms with van der Waals surface area (Å²) in [6, 6.07) is 17.3. The minimum absolute atomic E-state index is 0.0744. The zero-order chi connectivity index (χ0) is 20.2. The van der Waals surface area contributed by atoms with E-state index < -0.39 is 0 Å². The normalized spacial score (nSPS) is 20.0. The number of nitrogens with zero attached hydrogens (tertiary/aromatic N) is 2. The largest absolute Gasteiger partial charge is 0.507 e. The van der Waals surface area contributed by atoms with Crippen LogP contribution in [0, 0.1) is 6.92 Å². The van der Waals surface area contributed by atoms with Gasteiger partial charge in [-0.2, -0.15) is 0 Å². The molecule has 1 saturated carbocycles. The Morgan fingerprint density at radius 1 is 0.828 bits per heavy atom. The van der Waals surface area contributed by atoms with E-state index in [-0.39, 0.29) is 23.6 Å². The lowest BCUT2D eigenvalue weighted by atomic mass is 9.91. The van der Waals surface area contributed by atoms with Gasteiger partial charge in [0.2, 0.25) is 0 Å². The molecule has 3 aromatic rings. The van der Waals surface area contributed by atoms with Gasteiger partial charge in [-0.1, -0.05) is 54.8 Å². The standard InChI is InChI=1S/C25H26N2O2/c1-17-10-12-24(28)19(14-17)15-26-22-8-4-5-9-23(22)27-16-21-20-7-3-2-6-18(20)11-13-25(21)29/h2-3,6-7,10-16,22-23,28-29H,4-5,8-9H2,1H3/t22-,23-/m1/s1. The van der Waals surface area contributed by atoms with Crippen LogP contribution in [-0.4, -0.2) is 34.7 Å². The first-order chi connectivity index (χ1) is 14.1. The predicted octanol–water partition coefficient (Wildman–Crippen LogP) is 5.41. The molecule has 4 rings (SSSR count). The fourth-order valence-corrected chi connectivity index (χ4v) is 3.98. The van der Waals surface area contributed by atoms with Gasteiger partial charge < -0.3 is 10.2 Å². The van der Waals surface area contributed by atoms with Crippen LogP contribution in [0.2, 0.25) is 0 Å². The lowest BCUT2D eigenvalue weighted by Gasteiger charge is -2.25. The Hall–Kier alpha value is -3.14. The summed E-state index contributed by atoms with van der Waals surface area (Å²) in [6.45, 7) is 2.00. The van der Waals surface area contributed by atoms with Crippen molar-refractivity contribution in [3.63, 3.8) is 0 Å². The Balaban J connectivity index is 1.59. The van der Waals surface area contributed by atoms with Crippen molar-refractivity contribution >= 4 is 23.2 Å². The second-order valence-electron chi connectivity index (χ2n) is 7.76. The molecular weight excluding hydrogens is 360 g/mol. The van der Waals surface area contributed by atoms with Crippen LogP contribution in [0.25, 0.3) is 10.8 Å². The highest BCUT2D eigenvalue weighted by Crippen LogP contribution is 2.28. The van der Waals surface area contributed by atoms with Gasteiger partial charge in [0.05, 0.1) is 12.1 Å². The van der Waals surface area contributed by atoms with E-state index in [1.807, 2.05) is 49.4 Å². The lowest BCUT2D eigenvalue weighted by Crippen LogP contribution is -2.27. The molecule has 1 fully saturated rings. The van der Waals surface area contributed by atoms with Crippen LogP contribution in [0.1, 0.15) is 42.4 Å². The van der Waals surface area contributed by atoms with Gasteiger partial charge in [0.15, 0.2) is 0 Å². The summed E-state index contributed by atoms with van der Waals surface area (Å²) >= 11 is 0. The first-order valence-corrected chi connectivity index (χ1v) is 10.2. The number of hydrogen-bond donors (Lipinski definition) is 2. The second kappa shape index (κ2) is 8.48. The molecule has 0 spiro atoms. The maximum absolute atomic E-state index is 10.4. The van der Waals surface area contributed by atoms with Crippen molar-refractivity contribution < 1.29 is 10.2 Å². The van der Waals surface area contributed by atoms with Gasteiger partial charge >= 0.3 is 0 Å². The third kappa shape index (κ3) is 4.32. The number of hydrogen-bond acceptors (Lipinski definition) is 4. The van der Waals surface area contributed by atoms with Gasteiger partial charge in [0.25, 0.3) is 0 Å². The van der Waals surface area contributed by atoms with Crippen molar-refractivity contribution in [2.45, 2.75) is 44.7 Å². The molecule has 2 atom stereocenters.